The highest BCUT2D eigenvalue weighted by atomic mass is 16.5. The van der Waals surface area contributed by atoms with Crippen molar-refractivity contribution in [2.45, 2.75) is 45.6 Å². The summed E-state index contributed by atoms with van der Waals surface area (Å²) < 4.78 is 11.8. The number of hydrogen-bond acceptors (Lipinski definition) is 5. The van der Waals surface area contributed by atoms with E-state index in [1.54, 1.807) is 0 Å². The molecule has 2 heterocycles. The minimum absolute atomic E-state index is 0.125. The minimum atomic E-state index is -0.269. The van der Waals surface area contributed by atoms with E-state index in [-0.39, 0.29) is 24.0 Å². The smallest absolute Gasteiger partial charge is 0.262 e. The lowest BCUT2D eigenvalue weighted by atomic mass is 10.0. The van der Waals surface area contributed by atoms with Crippen LogP contribution in [-0.2, 0) is 11.2 Å². The summed E-state index contributed by atoms with van der Waals surface area (Å²) >= 11 is 0. The predicted molar refractivity (Wildman–Crippen MR) is 115 cm³/mol. The molecule has 0 saturated carbocycles. The first-order valence-corrected chi connectivity index (χ1v) is 10.1. The van der Waals surface area contributed by atoms with Crippen molar-refractivity contribution in [3.8, 4) is 22.9 Å². The number of rotatable bonds is 6. The molecule has 7 heteroatoms. The molecule has 1 amide bonds. The largest absolute Gasteiger partial charge is 0.483 e. The number of anilines is 1. The van der Waals surface area contributed by atoms with Crippen LogP contribution in [0.5, 0.6) is 11.5 Å². The van der Waals surface area contributed by atoms with E-state index in [9.17, 15) is 4.79 Å². The fourth-order valence-electron chi connectivity index (χ4n) is 3.47. The molecule has 1 aliphatic heterocycles. The second-order valence-corrected chi connectivity index (χ2v) is 8.36. The maximum Gasteiger partial charge on any atom is 0.262 e. The average Bonchev–Trinajstić information content (AvgIpc) is 3.30. The monoisotopic (exact) mass is 406 g/mol. The van der Waals surface area contributed by atoms with Crippen LogP contribution in [0.4, 0.5) is 5.69 Å². The molecule has 0 spiro atoms. The number of amides is 1. The number of fused-ring (bicyclic) bond motifs is 1. The first-order valence-electron chi connectivity index (χ1n) is 10.1. The van der Waals surface area contributed by atoms with Gasteiger partial charge < -0.3 is 14.8 Å². The zero-order valence-corrected chi connectivity index (χ0v) is 17.7. The SMILES string of the molecule is CC(C)c1nc(-c2ccccc2NC(=O)COc2cccc3c2OC(C)(C)C3)n[nH]1. The van der Waals surface area contributed by atoms with Crippen LogP contribution in [0.2, 0.25) is 0 Å². The Bertz CT molecular complexity index is 1070. The van der Waals surface area contributed by atoms with Gasteiger partial charge in [-0.15, -0.1) is 0 Å². The molecule has 4 rings (SSSR count). The van der Waals surface area contributed by atoms with Crippen molar-refractivity contribution in [3.63, 3.8) is 0 Å². The minimum Gasteiger partial charge on any atom is -0.483 e. The molecular weight excluding hydrogens is 380 g/mol. The number of benzene rings is 2. The van der Waals surface area contributed by atoms with Crippen LogP contribution in [-0.4, -0.2) is 33.3 Å². The fraction of sp³-hybridized carbons (Fsp3) is 0.348. The van der Waals surface area contributed by atoms with Gasteiger partial charge in [-0.2, -0.15) is 5.10 Å². The highest BCUT2D eigenvalue weighted by Gasteiger charge is 2.32. The van der Waals surface area contributed by atoms with Gasteiger partial charge in [0, 0.05) is 23.5 Å². The summed E-state index contributed by atoms with van der Waals surface area (Å²) in [6, 6.07) is 13.2. The molecule has 1 aromatic heterocycles. The van der Waals surface area contributed by atoms with Crippen LogP contribution < -0.4 is 14.8 Å². The van der Waals surface area contributed by atoms with Crippen LogP contribution in [0.15, 0.2) is 42.5 Å². The molecule has 2 aromatic carbocycles. The molecule has 2 N–H and O–H groups in total. The Morgan fingerprint density at radius 2 is 2.03 bits per heavy atom. The molecule has 7 nitrogen and oxygen atoms in total. The van der Waals surface area contributed by atoms with Crippen molar-refractivity contribution in [3.05, 3.63) is 53.9 Å². The summed E-state index contributed by atoms with van der Waals surface area (Å²) in [5.74, 6) is 2.62. The molecule has 0 aliphatic carbocycles. The van der Waals surface area contributed by atoms with Crippen molar-refractivity contribution in [2.75, 3.05) is 11.9 Å². The van der Waals surface area contributed by atoms with E-state index in [0.29, 0.717) is 17.3 Å². The number of nitrogens with one attached hydrogen (secondary N) is 2. The van der Waals surface area contributed by atoms with Gasteiger partial charge >= 0.3 is 0 Å². The van der Waals surface area contributed by atoms with Crippen LogP contribution >= 0.6 is 0 Å². The first-order chi connectivity index (χ1) is 14.3. The molecule has 30 heavy (non-hydrogen) atoms. The van der Waals surface area contributed by atoms with Gasteiger partial charge in [-0.25, -0.2) is 4.98 Å². The zero-order valence-electron chi connectivity index (χ0n) is 17.7. The molecule has 0 bridgehead atoms. The molecular formula is C23H26N4O3. The van der Waals surface area contributed by atoms with Gasteiger partial charge in [-0.1, -0.05) is 38.1 Å². The lowest BCUT2D eigenvalue weighted by Gasteiger charge is -2.18. The second kappa shape index (κ2) is 7.82. The molecule has 156 valence electrons. The number of aromatic amines is 1. The van der Waals surface area contributed by atoms with Crippen molar-refractivity contribution in [1.29, 1.82) is 0 Å². The van der Waals surface area contributed by atoms with Gasteiger partial charge in [0.25, 0.3) is 5.91 Å². The van der Waals surface area contributed by atoms with E-state index in [1.807, 2.05) is 70.2 Å². The predicted octanol–water partition coefficient (Wildman–Crippen LogP) is 4.33. The van der Waals surface area contributed by atoms with Gasteiger partial charge in [-0.05, 0) is 32.0 Å². The maximum absolute atomic E-state index is 12.6. The summed E-state index contributed by atoms with van der Waals surface area (Å²) in [7, 11) is 0. The lowest BCUT2D eigenvalue weighted by Crippen LogP contribution is -2.25. The Balaban J connectivity index is 1.46. The number of para-hydroxylation sites is 2. The van der Waals surface area contributed by atoms with Crippen LogP contribution in [0.1, 0.15) is 45.0 Å². The Kier molecular flexibility index (Phi) is 5.20. The molecule has 0 radical (unpaired) electrons. The van der Waals surface area contributed by atoms with E-state index in [0.717, 1.165) is 29.1 Å². The van der Waals surface area contributed by atoms with Gasteiger partial charge in [-0.3, -0.25) is 9.89 Å². The number of carbonyl (C=O) groups is 1. The van der Waals surface area contributed by atoms with Crippen LogP contribution in [0.25, 0.3) is 11.4 Å². The highest BCUT2D eigenvalue weighted by molar-refractivity contribution is 5.95. The Morgan fingerprint density at radius 1 is 1.23 bits per heavy atom. The molecule has 0 saturated heterocycles. The summed E-state index contributed by atoms with van der Waals surface area (Å²) in [6.45, 7) is 8.03. The van der Waals surface area contributed by atoms with Crippen LogP contribution in [0, 0.1) is 0 Å². The van der Waals surface area contributed by atoms with Gasteiger partial charge in [0.2, 0.25) is 0 Å². The zero-order chi connectivity index (χ0) is 21.3. The number of carbonyl (C=O) groups excluding carboxylic acids is 1. The van der Waals surface area contributed by atoms with Gasteiger partial charge in [0.15, 0.2) is 23.9 Å². The summed E-state index contributed by atoms with van der Waals surface area (Å²) in [4.78, 5) is 17.1. The molecule has 0 fully saturated rings. The van der Waals surface area contributed by atoms with E-state index in [1.165, 1.54) is 0 Å². The Morgan fingerprint density at radius 3 is 2.80 bits per heavy atom. The van der Waals surface area contributed by atoms with Crippen LogP contribution in [0.3, 0.4) is 0 Å². The van der Waals surface area contributed by atoms with E-state index < -0.39 is 0 Å². The third-order valence-corrected chi connectivity index (χ3v) is 4.91. The summed E-state index contributed by atoms with van der Waals surface area (Å²) in [5, 5.41) is 10.1. The van der Waals surface area contributed by atoms with Crippen molar-refractivity contribution < 1.29 is 14.3 Å². The summed E-state index contributed by atoms with van der Waals surface area (Å²) in [6.07, 6.45) is 0.814. The molecule has 3 aromatic rings. The van der Waals surface area contributed by atoms with Crippen molar-refractivity contribution >= 4 is 11.6 Å². The lowest BCUT2D eigenvalue weighted by molar-refractivity contribution is -0.118. The quantitative estimate of drug-likeness (QED) is 0.636. The number of hydrogen-bond donors (Lipinski definition) is 2. The standard InChI is InChI=1S/C23H26N4O3/c1-14(2)21-25-22(27-26-21)16-9-5-6-10-17(16)24-19(28)13-29-18-11-7-8-15-12-23(3,4)30-20(15)18/h5-11,14H,12-13H2,1-4H3,(H,24,28)(H,25,26,27). The van der Waals surface area contributed by atoms with Crippen molar-refractivity contribution in [2.24, 2.45) is 0 Å². The topological polar surface area (TPSA) is 89.1 Å². The maximum atomic E-state index is 12.6. The van der Waals surface area contributed by atoms with E-state index in [2.05, 4.69) is 20.5 Å². The van der Waals surface area contributed by atoms with Gasteiger partial charge in [0.05, 0.1) is 5.69 Å². The average molecular weight is 406 g/mol. The van der Waals surface area contributed by atoms with Gasteiger partial charge in [0.1, 0.15) is 11.4 Å². The number of aromatic nitrogens is 3. The second-order valence-electron chi connectivity index (χ2n) is 8.36. The number of H-pyrrole nitrogens is 1. The normalized spacial score (nSPS) is 14.3. The molecule has 0 atom stereocenters. The van der Waals surface area contributed by atoms with E-state index >= 15 is 0 Å². The third kappa shape index (κ3) is 4.15. The highest BCUT2D eigenvalue weighted by Crippen LogP contribution is 2.41. The number of ether oxygens (including phenoxy) is 2. The fourth-order valence-corrected chi connectivity index (χ4v) is 3.47. The first kappa shape index (κ1) is 19.9. The van der Waals surface area contributed by atoms with E-state index in [4.69, 9.17) is 9.47 Å². The number of nitrogens with zero attached hydrogens (tertiary/aromatic N) is 2. The Hall–Kier alpha value is -3.35. The Labute approximate surface area is 175 Å². The molecule has 0 unspecified atom stereocenters. The summed E-state index contributed by atoms with van der Waals surface area (Å²) in [5.41, 5.74) is 2.21. The third-order valence-electron chi connectivity index (χ3n) is 4.91. The van der Waals surface area contributed by atoms with Crippen molar-refractivity contribution in [1.82, 2.24) is 15.2 Å². The molecule has 1 aliphatic rings.